The molecule has 0 radical (unpaired) electrons. The number of benzene rings is 2. The second kappa shape index (κ2) is 8.07. The van der Waals surface area contributed by atoms with Crippen molar-refractivity contribution in [2.75, 3.05) is 55.4 Å². The van der Waals surface area contributed by atoms with Crippen molar-refractivity contribution in [1.82, 2.24) is 4.90 Å². The monoisotopic (exact) mass is 370 g/mol. The Labute approximate surface area is 158 Å². The van der Waals surface area contributed by atoms with E-state index in [1.54, 1.807) is 30.3 Å². The molecule has 142 valence electrons. The molecule has 1 heterocycles. The number of anilines is 3. The number of para-hydroxylation sites is 1. The molecular formula is C20H23FN4O2. The first kappa shape index (κ1) is 18.7. The molecule has 6 nitrogen and oxygen atoms in total. The highest BCUT2D eigenvalue weighted by atomic mass is 19.1. The summed E-state index contributed by atoms with van der Waals surface area (Å²) in [7, 11) is 3.81. The SMILES string of the molecule is CN(C)c1cccc(NC(=O)C(=O)N2CCN(c3ccccc3F)CC2)c1. The van der Waals surface area contributed by atoms with Gasteiger partial charge in [-0.15, -0.1) is 0 Å². The van der Waals surface area contributed by atoms with Crippen LogP contribution in [-0.2, 0) is 9.59 Å². The Kier molecular flexibility index (Phi) is 5.59. The van der Waals surface area contributed by atoms with Crippen LogP contribution in [0.1, 0.15) is 0 Å². The number of nitrogens with zero attached hydrogens (tertiary/aromatic N) is 3. The van der Waals surface area contributed by atoms with Crippen LogP contribution in [-0.4, -0.2) is 57.0 Å². The minimum atomic E-state index is -0.662. The van der Waals surface area contributed by atoms with Gasteiger partial charge in [-0.25, -0.2) is 4.39 Å². The second-order valence-electron chi connectivity index (χ2n) is 6.63. The van der Waals surface area contributed by atoms with Crippen LogP contribution in [0, 0.1) is 5.82 Å². The third-order valence-corrected chi connectivity index (χ3v) is 4.57. The first-order valence-electron chi connectivity index (χ1n) is 8.83. The van der Waals surface area contributed by atoms with E-state index < -0.39 is 11.8 Å². The van der Waals surface area contributed by atoms with Gasteiger partial charge in [0.15, 0.2) is 0 Å². The quantitative estimate of drug-likeness (QED) is 0.842. The van der Waals surface area contributed by atoms with Gasteiger partial charge in [-0.3, -0.25) is 9.59 Å². The zero-order chi connectivity index (χ0) is 19.4. The van der Waals surface area contributed by atoms with E-state index in [9.17, 15) is 14.0 Å². The zero-order valence-electron chi connectivity index (χ0n) is 15.5. The number of carbonyl (C=O) groups is 2. The smallest absolute Gasteiger partial charge is 0.313 e. The lowest BCUT2D eigenvalue weighted by molar-refractivity contribution is -0.143. The second-order valence-corrected chi connectivity index (χ2v) is 6.63. The van der Waals surface area contributed by atoms with Crippen LogP contribution in [0.3, 0.4) is 0 Å². The van der Waals surface area contributed by atoms with E-state index >= 15 is 0 Å². The highest BCUT2D eigenvalue weighted by Gasteiger charge is 2.27. The van der Waals surface area contributed by atoms with Crippen LogP contribution >= 0.6 is 0 Å². The summed E-state index contributed by atoms with van der Waals surface area (Å²) < 4.78 is 13.9. The Hall–Kier alpha value is -3.09. The number of hydrogen-bond acceptors (Lipinski definition) is 4. The molecule has 2 aromatic carbocycles. The standard InChI is InChI=1S/C20H23FN4O2/c1-23(2)16-7-5-6-15(14-16)22-19(26)20(27)25-12-10-24(11-13-25)18-9-4-3-8-17(18)21/h3-9,14H,10-13H2,1-2H3,(H,22,26). The van der Waals surface area contributed by atoms with Crippen molar-refractivity contribution in [3.8, 4) is 0 Å². The van der Waals surface area contributed by atoms with Gasteiger partial charge in [0, 0.05) is 51.6 Å². The summed E-state index contributed by atoms with van der Waals surface area (Å²) in [6, 6.07) is 13.9. The maximum atomic E-state index is 13.9. The molecule has 1 N–H and O–H groups in total. The molecule has 3 rings (SSSR count). The molecule has 0 bridgehead atoms. The molecule has 1 saturated heterocycles. The van der Waals surface area contributed by atoms with Gasteiger partial charge in [-0.1, -0.05) is 18.2 Å². The van der Waals surface area contributed by atoms with Crippen LogP contribution in [0.15, 0.2) is 48.5 Å². The van der Waals surface area contributed by atoms with Gasteiger partial charge in [0.05, 0.1) is 5.69 Å². The van der Waals surface area contributed by atoms with Crippen LogP contribution < -0.4 is 15.1 Å². The summed E-state index contributed by atoms with van der Waals surface area (Å²) in [6.07, 6.45) is 0. The lowest BCUT2D eigenvalue weighted by Gasteiger charge is -2.35. The van der Waals surface area contributed by atoms with E-state index in [1.807, 2.05) is 36.0 Å². The molecular weight excluding hydrogens is 347 g/mol. The van der Waals surface area contributed by atoms with Crippen molar-refractivity contribution in [3.05, 3.63) is 54.3 Å². The van der Waals surface area contributed by atoms with Crippen molar-refractivity contribution < 1.29 is 14.0 Å². The predicted octanol–water partition coefficient (Wildman–Crippen LogP) is 2.18. The van der Waals surface area contributed by atoms with Crippen molar-refractivity contribution in [2.24, 2.45) is 0 Å². The Morgan fingerprint density at radius 1 is 1.00 bits per heavy atom. The maximum Gasteiger partial charge on any atom is 0.313 e. The number of carbonyl (C=O) groups excluding carboxylic acids is 2. The fraction of sp³-hybridized carbons (Fsp3) is 0.300. The molecule has 0 aliphatic carbocycles. The van der Waals surface area contributed by atoms with E-state index in [4.69, 9.17) is 0 Å². The number of halogens is 1. The Bertz CT molecular complexity index is 832. The Morgan fingerprint density at radius 2 is 1.70 bits per heavy atom. The van der Waals surface area contributed by atoms with Crippen molar-refractivity contribution >= 4 is 28.9 Å². The fourth-order valence-corrected chi connectivity index (χ4v) is 3.05. The minimum absolute atomic E-state index is 0.282. The van der Waals surface area contributed by atoms with E-state index in [0.717, 1.165) is 5.69 Å². The minimum Gasteiger partial charge on any atom is -0.378 e. The van der Waals surface area contributed by atoms with Crippen LogP contribution in [0.25, 0.3) is 0 Å². The highest BCUT2D eigenvalue weighted by molar-refractivity contribution is 6.39. The summed E-state index contributed by atoms with van der Waals surface area (Å²) in [4.78, 5) is 30.1. The van der Waals surface area contributed by atoms with E-state index in [2.05, 4.69) is 5.32 Å². The molecule has 0 unspecified atom stereocenters. The fourth-order valence-electron chi connectivity index (χ4n) is 3.05. The molecule has 1 aliphatic heterocycles. The van der Waals surface area contributed by atoms with Gasteiger partial charge in [-0.05, 0) is 30.3 Å². The summed E-state index contributed by atoms with van der Waals surface area (Å²) in [5.74, 6) is -1.51. The van der Waals surface area contributed by atoms with Crippen molar-refractivity contribution in [2.45, 2.75) is 0 Å². The number of nitrogens with one attached hydrogen (secondary N) is 1. The summed E-state index contributed by atoms with van der Waals surface area (Å²) >= 11 is 0. The predicted molar refractivity (Wildman–Crippen MR) is 105 cm³/mol. The number of piperazine rings is 1. The van der Waals surface area contributed by atoms with Gasteiger partial charge in [-0.2, -0.15) is 0 Å². The van der Waals surface area contributed by atoms with Gasteiger partial charge in [0.25, 0.3) is 0 Å². The normalized spacial score (nSPS) is 14.0. The van der Waals surface area contributed by atoms with Gasteiger partial charge in [0.2, 0.25) is 0 Å². The largest absolute Gasteiger partial charge is 0.378 e. The molecule has 1 fully saturated rings. The third kappa shape index (κ3) is 4.36. The molecule has 2 aromatic rings. The Morgan fingerprint density at radius 3 is 2.37 bits per heavy atom. The van der Waals surface area contributed by atoms with Crippen molar-refractivity contribution in [1.29, 1.82) is 0 Å². The number of rotatable bonds is 3. The lowest BCUT2D eigenvalue weighted by atomic mass is 10.2. The molecule has 2 amide bonds. The zero-order valence-corrected chi connectivity index (χ0v) is 15.5. The number of amides is 2. The Balaban J connectivity index is 1.58. The molecule has 27 heavy (non-hydrogen) atoms. The van der Waals surface area contributed by atoms with E-state index in [-0.39, 0.29) is 5.82 Å². The molecule has 0 saturated carbocycles. The lowest BCUT2D eigenvalue weighted by Crippen LogP contribution is -2.51. The van der Waals surface area contributed by atoms with Crippen LogP contribution in [0.4, 0.5) is 21.5 Å². The summed E-state index contributed by atoms with van der Waals surface area (Å²) in [5.41, 5.74) is 2.03. The third-order valence-electron chi connectivity index (χ3n) is 4.57. The molecule has 7 heteroatoms. The van der Waals surface area contributed by atoms with Gasteiger partial charge < -0.3 is 20.0 Å². The van der Waals surface area contributed by atoms with Gasteiger partial charge in [0.1, 0.15) is 5.82 Å². The molecule has 0 spiro atoms. The maximum absolute atomic E-state index is 13.9. The van der Waals surface area contributed by atoms with E-state index in [0.29, 0.717) is 37.6 Å². The average molecular weight is 370 g/mol. The average Bonchev–Trinajstić information content (AvgIpc) is 2.68. The molecule has 1 aliphatic rings. The van der Waals surface area contributed by atoms with Crippen molar-refractivity contribution in [3.63, 3.8) is 0 Å². The topological polar surface area (TPSA) is 55.9 Å². The molecule has 0 atom stereocenters. The van der Waals surface area contributed by atoms with E-state index in [1.165, 1.54) is 11.0 Å². The first-order valence-corrected chi connectivity index (χ1v) is 8.83. The molecule has 0 aromatic heterocycles. The highest BCUT2D eigenvalue weighted by Crippen LogP contribution is 2.21. The first-order chi connectivity index (χ1) is 13.0. The van der Waals surface area contributed by atoms with Gasteiger partial charge >= 0.3 is 11.8 Å². The van der Waals surface area contributed by atoms with Crippen LogP contribution in [0.5, 0.6) is 0 Å². The summed E-state index contributed by atoms with van der Waals surface area (Å²) in [6.45, 7) is 1.71. The number of hydrogen-bond donors (Lipinski definition) is 1. The van der Waals surface area contributed by atoms with Crippen LogP contribution in [0.2, 0.25) is 0 Å². The summed E-state index contributed by atoms with van der Waals surface area (Å²) in [5, 5.41) is 2.66.